The zero-order valence-electron chi connectivity index (χ0n) is 18.2. The number of hydrogen-bond donors (Lipinski definition) is 2. The van der Waals surface area contributed by atoms with Gasteiger partial charge in [-0.1, -0.05) is 6.07 Å². The monoisotopic (exact) mass is 402 g/mol. The first-order valence-electron chi connectivity index (χ1n) is 10.5. The average molecular weight is 403 g/mol. The molecule has 0 atom stereocenters. The molecule has 0 aliphatic carbocycles. The molecule has 1 aliphatic heterocycles. The minimum Gasteiger partial charge on any atom is -0.369 e. The summed E-state index contributed by atoms with van der Waals surface area (Å²) in [6, 6.07) is 14.8. The maximum atomic E-state index is 4.69. The molecule has 0 amide bonds. The van der Waals surface area contributed by atoms with E-state index >= 15 is 0 Å². The Bertz CT molecular complexity index is 1010. The normalized spacial score (nSPS) is 14.6. The van der Waals surface area contributed by atoms with E-state index in [0.717, 1.165) is 48.9 Å². The van der Waals surface area contributed by atoms with Gasteiger partial charge in [-0.05, 0) is 75.3 Å². The van der Waals surface area contributed by atoms with Gasteiger partial charge in [0, 0.05) is 55.0 Å². The second kappa shape index (κ2) is 8.71. The highest BCUT2D eigenvalue weighted by molar-refractivity contribution is 5.64. The summed E-state index contributed by atoms with van der Waals surface area (Å²) in [7, 11) is 2.18. The van der Waals surface area contributed by atoms with Gasteiger partial charge in [-0.2, -0.15) is 4.98 Å². The quantitative estimate of drug-likeness (QED) is 0.648. The summed E-state index contributed by atoms with van der Waals surface area (Å²) in [5, 5.41) is 6.75. The number of nitrogens with zero attached hydrogens (tertiary/aromatic N) is 4. The van der Waals surface area contributed by atoms with Gasteiger partial charge >= 0.3 is 0 Å². The van der Waals surface area contributed by atoms with Crippen molar-refractivity contribution in [1.29, 1.82) is 0 Å². The van der Waals surface area contributed by atoms with Crippen molar-refractivity contribution in [2.75, 3.05) is 48.8 Å². The molecule has 0 spiro atoms. The lowest BCUT2D eigenvalue weighted by Gasteiger charge is -2.34. The standard InChI is InChI=1S/C24H30N6/c1-17-5-6-21(15-18(17)2)26-23-19(3)16-25-24(28-23)27-20-7-9-22(10-8-20)30-13-11-29(4)12-14-30/h5-10,15-16H,11-14H2,1-4H3,(H2,25,26,27,28). The summed E-state index contributed by atoms with van der Waals surface area (Å²) in [6.45, 7) is 10.6. The molecule has 30 heavy (non-hydrogen) atoms. The highest BCUT2D eigenvalue weighted by Crippen LogP contribution is 2.24. The molecule has 1 saturated heterocycles. The molecule has 156 valence electrons. The van der Waals surface area contributed by atoms with E-state index in [2.05, 4.69) is 93.8 Å². The Morgan fingerprint density at radius 3 is 2.17 bits per heavy atom. The third kappa shape index (κ3) is 4.71. The van der Waals surface area contributed by atoms with Gasteiger partial charge in [0.1, 0.15) is 5.82 Å². The van der Waals surface area contributed by atoms with Crippen LogP contribution in [0.15, 0.2) is 48.7 Å². The molecule has 1 aliphatic rings. The lowest BCUT2D eigenvalue weighted by Crippen LogP contribution is -2.44. The van der Waals surface area contributed by atoms with Crippen LogP contribution in [0.25, 0.3) is 0 Å². The van der Waals surface area contributed by atoms with Gasteiger partial charge in [0.2, 0.25) is 5.95 Å². The van der Waals surface area contributed by atoms with E-state index in [9.17, 15) is 0 Å². The molecule has 0 bridgehead atoms. The Morgan fingerprint density at radius 2 is 1.47 bits per heavy atom. The van der Waals surface area contributed by atoms with Crippen LogP contribution in [-0.2, 0) is 0 Å². The molecule has 1 fully saturated rings. The van der Waals surface area contributed by atoms with Crippen molar-refractivity contribution < 1.29 is 0 Å². The lowest BCUT2D eigenvalue weighted by atomic mass is 10.1. The molecule has 6 nitrogen and oxygen atoms in total. The van der Waals surface area contributed by atoms with Crippen LogP contribution in [0.5, 0.6) is 0 Å². The predicted octanol–water partition coefficient (Wildman–Crippen LogP) is 4.64. The fraction of sp³-hybridized carbons (Fsp3) is 0.333. The number of aryl methyl sites for hydroxylation is 3. The first kappa shape index (κ1) is 20.2. The van der Waals surface area contributed by atoms with E-state index in [4.69, 9.17) is 0 Å². The van der Waals surface area contributed by atoms with Crippen LogP contribution in [-0.4, -0.2) is 48.1 Å². The van der Waals surface area contributed by atoms with Gasteiger partial charge < -0.3 is 20.4 Å². The number of likely N-dealkylation sites (N-methyl/N-ethyl adjacent to an activating group) is 1. The highest BCUT2D eigenvalue weighted by Gasteiger charge is 2.14. The van der Waals surface area contributed by atoms with E-state index < -0.39 is 0 Å². The van der Waals surface area contributed by atoms with Crippen LogP contribution in [0.4, 0.5) is 28.8 Å². The van der Waals surface area contributed by atoms with Crippen molar-refractivity contribution >= 4 is 28.8 Å². The smallest absolute Gasteiger partial charge is 0.229 e. The SMILES string of the molecule is Cc1ccc(Nc2nc(Nc3ccc(N4CCN(C)CC4)cc3)ncc2C)cc1C. The third-order valence-corrected chi connectivity index (χ3v) is 5.73. The van der Waals surface area contributed by atoms with Crippen molar-refractivity contribution in [1.82, 2.24) is 14.9 Å². The second-order valence-electron chi connectivity index (χ2n) is 8.11. The van der Waals surface area contributed by atoms with Gasteiger partial charge in [-0.15, -0.1) is 0 Å². The summed E-state index contributed by atoms with van der Waals surface area (Å²) in [5.41, 5.74) is 6.81. The van der Waals surface area contributed by atoms with Crippen LogP contribution in [0.2, 0.25) is 0 Å². The molecule has 3 aromatic rings. The first-order chi connectivity index (χ1) is 14.5. The number of aromatic nitrogens is 2. The Morgan fingerprint density at radius 1 is 0.767 bits per heavy atom. The van der Waals surface area contributed by atoms with Crippen LogP contribution >= 0.6 is 0 Å². The largest absolute Gasteiger partial charge is 0.369 e. The number of nitrogens with one attached hydrogen (secondary N) is 2. The van der Waals surface area contributed by atoms with E-state index in [1.807, 2.05) is 13.1 Å². The Labute approximate surface area is 179 Å². The summed E-state index contributed by atoms with van der Waals surface area (Å²) in [5.74, 6) is 1.39. The van der Waals surface area contributed by atoms with E-state index in [1.54, 1.807) is 0 Å². The molecule has 6 heteroatoms. The molecule has 0 radical (unpaired) electrons. The van der Waals surface area contributed by atoms with E-state index in [0.29, 0.717) is 5.95 Å². The van der Waals surface area contributed by atoms with Crippen molar-refractivity contribution in [3.8, 4) is 0 Å². The molecule has 0 unspecified atom stereocenters. The number of piperazine rings is 1. The lowest BCUT2D eigenvalue weighted by molar-refractivity contribution is 0.313. The Kier molecular flexibility index (Phi) is 5.86. The van der Waals surface area contributed by atoms with Crippen LogP contribution < -0.4 is 15.5 Å². The summed E-state index contributed by atoms with van der Waals surface area (Å²) in [4.78, 5) is 13.9. The first-order valence-corrected chi connectivity index (χ1v) is 10.5. The van der Waals surface area contributed by atoms with Gasteiger partial charge in [-0.25, -0.2) is 4.98 Å². The second-order valence-corrected chi connectivity index (χ2v) is 8.11. The average Bonchev–Trinajstić information content (AvgIpc) is 2.74. The van der Waals surface area contributed by atoms with Crippen molar-refractivity contribution in [3.05, 3.63) is 65.4 Å². The number of anilines is 5. The van der Waals surface area contributed by atoms with E-state index in [-0.39, 0.29) is 0 Å². The fourth-order valence-corrected chi connectivity index (χ4v) is 3.53. The van der Waals surface area contributed by atoms with Crippen LogP contribution in [0.1, 0.15) is 16.7 Å². The van der Waals surface area contributed by atoms with Gasteiger partial charge in [-0.3, -0.25) is 0 Å². The minimum absolute atomic E-state index is 0.583. The van der Waals surface area contributed by atoms with Crippen molar-refractivity contribution in [3.63, 3.8) is 0 Å². The maximum absolute atomic E-state index is 4.69. The van der Waals surface area contributed by atoms with Crippen molar-refractivity contribution in [2.45, 2.75) is 20.8 Å². The summed E-state index contributed by atoms with van der Waals surface area (Å²) >= 11 is 0. The number of benzene rings is 2. The molecule has 2 N–H and O–H groups in total. The van der Waals surface area contributed by atoms with Crippen LogP contribution in [0.3, 0.4) is 0 Å². The minimum atomic E-state index is 0.583. The predicted molar refractivity (Wildman–Crippen MR) is 125 cm³/mol. The molecular formula is C24H30N6. The Balaban J connectivity index is 1.45. The zero-order chi connectivity index (χ0) is 21.1. The molecule has 2 aromatic carbocycles. The zero-order valence-corrected chi connectivity index (χ0v) is 18.2. The maximum Gasteiger partial charge on any atom is 0.229 e. The molecular weight excluding hydrogens is 372 g/mol. The molecule has 2 heterocycles. The van der Waals surface area contributed by atoms with E-state index in [1.165, 1.54) is 16.8 Å². The molecule has 0 saturated carbocycles. The van der Waals surface area contributed by atoms with Crippen LogP contribution in [0, 0.1) is 20.8 Å². The molecule has 4 rings (SSSR count). The summed E-state index contributed by atoms with van der Waals surface area (Å²) < 4.78 is 0. The highest BCUT2D eigenvalue weighted by atomic mass is 15.2. The van der Waals surface area contributed by atoms with Gasteiger partial charge in [0.05, 0.1) is 0 Å². The number of rotatable bonds is 5. The fourth-order valence-electron chi connectivity index (χ4n) is 3.53. The number of hydrogen-bond acceptors (Lipinski definition) is 6. The third-order valence-electron chi connectivity index (χ3n) is 5.73. The van der Waals surface area contributed by atoms with Gasteiger partial charge in [0.25, 0.3) is 0 Å². The van der Waals surface area contributed by atoms with Crippen molar-refractivity contribution in [2.24, 2.45) is 0 Å². The topological polar surface area (TPSA) is 56.3 Å². The molecule has 1 aromatic heterocycles. The summed E-state index contributed by atoms with van der Waals surface area (Å²) in [6.07, 6.45) is 1.84. The Hall–Kier alpha value is -3.12. The van der Waals surface area contributed by atoms with Gasteiger partial charge in [0.15, 0.2) is 0 Å².